The Labute approximate surface area is 65.6 Å². The van der Waals surface area contributed by atoms with Crippen LogP contribution in [0.2, 0.25) is 0 Å². The Morgan fingerprint density at radius 2 is 1.50 bits per heavy atom. The average molecular weight is 188 g/mol. The van der Waals surface area contributed by atoms with Gasteiger partial charge in [0.05, 0.1) is 0 Å². The van der Waals surface area contributed by atoms with Gasteiger partial charge >= 0.3 is 0 Å². The predicted octanol–water partition coefficient (Wildman–Crippen LogP) is 1.62. The molecule has 29 valence electrons. The van der Waals surface area contributed by atoms with Crippen molar-refractivity contribution < 1.29 is 39.0 Å². The first-order valence-electron chi connectivity index (χ1n) is 1.71. The quantitative estimate of drug-likeness (QED) is 0.548. The molecule has 0 aromatic carbocycles. The van der Waals surface area contributed by atoms with Gasteiger partial charge < -0.3 is 0 Å². The molecule has 2 heteroatoms. The molecule has 0 aliphatic carbocycles. The fourth-order valence-electron chi connectivity index (χ4n) is 0. The molecule has 0 rings (SSSR count). The maximum Gasteiger partial charge on any atom is 0 e. The molecule has 0 fully saturated rings. The van der Waals surface area contributed by atoms with Gasteiger partial charge in [0.15, 0.2) is 0 Å². The SMILES string of the molecule is [CH2]CCC.[Zn].[Zn]. The van der Waals surface area contributed by atoms with Gasteiger partial charge in [0.1, 0.15) is 0 Å². The molecular weight excluding hydrogens is 179 g/mol. The molecule has 0 saturated carbocycles. The molecule has 0 bridgehead atoms. The van der Waals surface area contributed by atoms with Crippen LogP contribution in [0.3, 0.4) is 0 Å². The van der Waals surface area contributed by atoms with Crippen molar-refractivity contribution in [3.8, 4) is 0 Å². The standard InChI is InChI=1S/C4H9.2Zn/c1-3-4-2;;/h1,3-4H2,2H3;;. The van der Waals surface area contributed by atoms with Crippen molar-refractivity contribution in [1.82, 2.24) is 0 Å². The van der Waals surface area contributed by atoms with Gasteiger partial charge in [-0.2, -0.15) is 0 Å². The molecule has 0 unspecified atom stereocenters. The van der Waals surface area contributed by atoms with Crippen molar-refractivity contribution in [3.05, 3.63) is 6.92 Å². The Hall–Kier alpha value is 1.25. The third kappa shape index (κ3) is 18.7. The van der Waals surface area contributed by atoms with E-state index in [0.717, 1.165) is 6.42 Å². The summed E-state index contributed by atoms with van der Waals surface area (Å²) in [7, 11) is 0. The molecule has 0 aliphatic rings. The van der Waals surface area contributed by atoms with Gasteiger partial charge in [-0.3, -0.25) is 0 Å². The Kier molecular flexibility index (Phi) is 42.6. The van der Waals surface area contributed by atoms with Crippen molar-refractivity contribution in [2.45, 2.75) is 19.8 Å². The van der Waals surface area contributed by atoms with E-state index in [1.165, 1.54) is 6.42 Å². The first kappa shape index (κ1) is 15.7. The van der Waals surface area contributed by atoms with Gasteiger partial charge in [-0.05, 0) is 0 Å². The summed E-state index contributed by atoms with van der Waals surface area (Å²) in [4.78, 5) is 0. The molecule has 1 radical (unpaired) electrons. The normalized spacial score (nSPS) is 5.00. The molecule has 0 aromatic rings. The summed E-state index contributed by atoms with van der Waals surface area (Å²) in [6.07, 6.45) is 2.28. The summed E-state index contributed by atoms with van der Waals surface area (Å²) in [5.74, 6) is 0. The van der Waals surface area contributed by atoms with E-state index in [2.05, 4.69) is 13.8 Å². The Morgan fingerprint density at radius 1 is 1.33 bits per heavy atom. The molecule has 0 spiro atoms. The first-order valence-corrected chi connectivity index (χ1v) is 1.71. The van der Waals surface area contributed by atoms with Gasteiger partial charge in [0.25, 0.3) is 0 Å². The molecule has 0 aliphatic heterocycles. The average Bonchev–Trinajstić information content (AvgIpc) is 1.37. The van der Waals surface area contributed by atoms with Gasteiger partial charge in [-0.25, -0.2) is 0 Å². The Morgan fingerprint density at radius 3 is 1.50 bits per heavy atom. The minimum atomic E-state index is 0. The second-order valence-corrected chi connectivity index (χ2v) is 0.854. The summed E-state index contributed by atoms with van der Waals surface area (Å²) in [5.41, 5.74) is 0. The topological polar surface area (TPSA) is 0 Å². The van der Waals surface area contributed by atoms with E-state index >= 15 is 0 Å². The van der Waals surface area contributed by atoms with Crippen LogP contribution in [0.5, 0.6) is 0 Å². The summed E-state index contributed by atoms with van der Waals surface area (Å²) in [6.45, 7) is 5.72. The molecule has 6 heavy (non-hydrogen) atoms. The third-order valence-corrected chi connectivity index (χ3v) is 0.354. The summed E-state index contributed by atoms with van der Waals surface area (Å²) >= 11 is 0. The van der Waals surface area contributed by atoms with E-state index < -0.39 is 0 Å². The van der Waals surface area contributed by atoms with E-state index in [1.54, 1.807) is 0 Å². The monoisotopic (exact) mass is 185 g/mol. The number of unbranched alkanes of at least 4 members (excludes halogenated alkanes) is 1. The zero-order valence-corrected chi connectivity index (χ0v) is 10.5. The van der Waals surface area contributed by atoms with E-state index in [1.807, 2.05) is 0 Å². The molecule has 0 saturated heterocycles. The summed E-state index contributed by atoms with van der Waals surface area (Å²) in [6, 6.07) is 0. The van der Waals surface area contributed by atoms with E-state index in [4.69, 9.17) is 0 Å². The number of rotatable bonds is 1. The van der Waals surface area contributed by atoms with Crippen LogP contribution in [0.1, 0.15) is 19.8 Å². The van der Waals surface area contributed by atoms with E-state index in [9.17, 15) is 0 Å². The molecular formula is C4H9Zn2. The van der Waals surface area contributed by atoms with Crippen molar-refractivity contribution in [1.29, 1.82) is 0 Å². The van der Waals surface area contributed by atoms with Gasteiger partial charge in [-0.1, -0.05) is 26.7 Å². The maximum atomic E-state index is 3.60. The van der Waals surface area contributed by atoms with Crippen LogP contribution in [0.25, 0.3) is 0 Å². The molecule has 0 amide bonds. The largest absolute Gasteiger partial charge is 0.0654 e. The first-order chi connectivity index (χ1) is 1.91. The van der Waals surface area contributed by atoms with Crippen molar-refractivity contribution in [2.24, 2.45) is 0 Å². The zero-order chi connectivity index (χ0) is 3.41. The predicted molar refractivity (Wildman–Crippen MR) is 20.3 cm³/mol. The minimum absolute atomic E-state index is 0. The molecule has 0 atom stereocenters. The van der Waals surface area contributed by atoms with Crippen LogP contribution in [0.4, 0.5) is 0 Å². The smallest absolute Gasteiger partial charge is 0 e. The molecule has 0 N–H and O–H groups in total. The van der Waals surface area contributed by atoms with Crippen LogP contribution >= 0.6 is 0 Å². The third-order valence-electron chi connectivity index (χ3n) is 0.354. The van der Waals surface area contributed by atoms with Crippen LogP contribution in [-0.4, -0.2) is 0 Å². The Bertz CT molecular complexity index is 7.51. The van der Waals surface area contributed by atoms with Crippen molar-refractivity contribution in [3.63, 3.8) is 0 Å². The minimum Gasteiger partial charge on any atom is -0.0654 e. The maximum absolute atomic E-state index is 3.60. The van der Waals surface area contributed by atoms with Crippen LogP contribution in [-0.2, 0) is 39.0 Å². The van der Waals surface area contributed by atoms with Gasteiger partial charge in [0.2, 0.25) is 0 Å². The van der Waals surface area contributed by atoms with E-state index in [0.29, 0.717) is 0 Å². The van der Waals surface area contributed by atoms with Gasteiger partial charge in [0, 0.05) is 39.0 Å². The second kappa shape index (κ2) is 16.3. The number of hydrogen-bond acceptors (Lipinski definition) is 0. The Balaban J connectivity index is -0.0000000450. The van der Waals surface area contributed by atoms with Crippen LogP contribution in [0.15, 0.2) is 0 Å². The van der Waals surface area contributed by atoms with E-state index in [-0.39, 0.29) is 39.0 Å². The fraction of sp³-hybridized carbons (Fsp3) is 0.750. The summed E-state index contributed by atoms with van der Waals surface area (Å²) in [5, 5.41) is 0. The van der Waals surface area contributed by atoms with Gasteiger partial charge in [-0.15, -0.1) is 0 Å². The fourth-order valence-corrected chi connectivity index (χ4v) is 0. The van der Waals surface area contributed by atoms with Crippen LogP contribution in [0, 0.1) is 6.92 Å². The second-order valence-electron chi connectivity index (χ2n) is 0.854. The molecule has 0 nitrogen and oxygen atoms in total. The summed E-state index contributed by atoms with van der Waals surface area (Å²) < 4.78 is 0. The zero-order valence-electron chi connectivity index (χ0n) is 4.54. The van der Waals surface area contributed by atoms with Crippen LogP contribution < -0.4 is 0 Å². The van der Waals surface area contributed by atoms with Crippen molar-refractivity contribution in [2.75, 3.05) is 0 Å². The van der Waals surface area contributed by atoms with Crippen molar-refractivity contribution >= 4 is 0 Å². The number of hydrogen-bond donors (Lipinski definition) is 0. The molecule has 0 aromatic heterocycles. The molecule has 0 heterocycles.